The van der Waals surface area contributed by atoms with Crippen molar-refractivity contribution in [3.8, 4) is 0 Å². The zero-order valence-electron chi connectivity index (χ0n) is 12.6. The molecule has 1 aromatic rings. The molecule has 1 fully saturated rings. The summed E-state index contributed by atoms with van der Waals surface area (Å²) in [5.74, 6) is 0.355. The number of rotatable bonds is 6. The van der Waals surface area contributed by atoms with Gasteiger partial charge in [0.05, 0.1) is 6.42 Å². The molecule has 116 valence electrons. The van der Waals surface area contributed by atoms with Crippen molar-refractivity contribution in [2.45, 2.75) is 51.5 Å². The Kier molecular flexibility index (Phi) is 6.23. The van der Waals surface area contributed by atoms with Crippen molar-refractivity contribution >= 4 is 23.2 Å². The number of likely N-dealkylation sites (tertiary alicyclic amines) is 1. The Hall–Kier alpha value is -1.36. The summed E-state index contributed by atoms with van der Waals surface area (Å²) in [7, 11) is 0. The van der Waals surface area contributed by atoms with Crippen LogP contribution >= 0.6 is 11.3 Å². The maximum atomic E-state index is 12.0. The first kappa shape index (κ1) is 16.0. The van der Waals surface area contributed by atoms with Gasteiger partial charge in [0.1, 0.15) is 0 Å². The number of thiophene rings is 1. The fourth-order valence-corrected chi connectivity index (χ4v) is 3.31. The van der Waals surface area contributed by atoms with Crippen LogP contribution in [0, 0.1) is 0 Å². The molecular weight excluding hydrogens is 284 g/mol. The van der Waals surface area contributed by atoms with Crippen molar-refractivity contribution < 1.29 is 9.59 Å². The summed E-state index contributed by atoms with van der Waals surface area (Å²) in [6, 6.07) is 4.17. The highest BCUT2D eigenvalue weighted by Crippen LogP contribution is 2.14. The minimum Gasteiger partial charge on any atom is -0.353 e. The molecule has 1 aliphatic heterocycles. The van der Waals surface area contributed by atoms with E-state index < -0.39 is 0 Å². The quantitative estimate of drug-likeness (QED) is 0.878. The molecule has 2 rings (SSSR count). The molecule has 1 aromatic heterocycles. The van der Waals surface area contributed by atoms with Gasteiger partial charge in [0.25, 0.3) is 0 Å². The van der Waals surface area contributed by atoms with E-state index in [0.29, 0.717) is 12.8 Å². The van der Waals surface area contributed by atoms with Gasteiger partial charge in [0, 0.05) is 30.4 Å². The van der Waals surface area contributed by atoms with Crippen LogP contribution in [-0.4, -0.2) is 35.8 Å². The smallest absolute Gasteiger partial charge is 0.225 e. The van der Waals surface area contributed by atoms with Crippen LogP contribution in [0.4, 0.5) is 0 Å². The third-order valence-corrected chi connectivity index (χ3v) is 4.75. The van der Waals surface area contributed by atoms with Crippen LogP contribution < -0.4 is 5.32 Å². The second-order valence-corrected chi connectivity index (χ2v) is 6.61. The summed E-state index contributed by atoms with van der Waals surface area (Å²) in [6.07, 6.45) is 4.89. The summed E-state index contributed by atoms with van der Waals surface area (Å²) < 4.78 is 0. The molecule has 1 N–H and O–H groups in total. The molecule has 0 spiro atoms. The molecule has 2 amide bonds. The number of amides is 2. The minimum absolute atomic E-state index is 0.0909. The fourth-order valence-electron chi connectivity index (χ4n) is 2.61. The number of carbonyl (C=O) groups excluding carboxylic acids is 2. The van der Waals surface area contributed by atoms with Crippen LogP contribution in [0.25, 0.3) is 0 Å². The van der Waals surface area contributed by atoms with Crippen LogP contribution in [0.2, 0.25) is 0 Å². The van der Waals surface area contributed by atoms with Crippen molar-refractivity contribution in [1.29, 1.82) is 0 Å². The van der Waals surface area contributed by atoms with E-state index in [-0.39, 0.29) is 17.9 Å². The zero-order valence-corrected chi connectivity index (χ0v) is 13.5. The van der Waals surface area contributed by atoms with E-state index in [4.69, 9.17) is 0 Å². The van der Waals surface area contributed by atoms with Crippen molar-refractivity contribution in [1.82, 2.24) is 10.2 Å². The molecule has 1 saturated heterocycles. The Bertz CT molecular complexity index is 451. The molecule has 1 aliphatic rings. The molecule has 5 heteroatoms. The number of nitrogens with one attached hydrogen (secondary N) is 1. The van der Waals surface area contributed by atoms with E-state index >= 15 is 0 Å². The van der Waals surface area contributed by atoms with Gasteiger partial charge in [-0.05, 0) is 30.7 Å². The standard InChI is InChI=1S/C16H24N2O2S/c1-2-3-6-16(20)18-9-7-13(8-10-18)17-15(19)12-14-5-4-11-21-14/h4-5,11,13H,2-3,6-10,12H2,1H3,(H,17,19). The van der Waals surface area contributed by atoms with Crippen molar-refractivity contribution in [3.05, 3.63) is 22.4 Å². The minimum atomic E-state index is 0.0909. The maximum Gasteiger partial charge on any atom is 0.225 e. The van der Waals surface area contributed by atoms with Gasteiger partial charge in [0.2, 0.25) is 11.8 Å². The molecule has 4 nitrogen and oxygen atoms in total. The Balaban J connectivity index is 1.69. The normalized spacial score (nSPS) is 16.0. The van der Waals surface area contributed by atoms with Gasteiger partial charge in [-0.15, -0.1) is 11.3 Å². The molecular formula is C16H24N2O2S. The second-order valence-electron chi connectivity index (χ2n) is 5.58. The molecule has 21 heavy (non-hydrogen) atoms. The van der Waals surface area contributed by atoms with Gasteiger partial charge in [-0.2, -0.15) is 0 Å². The van der Waals surface area contributed by atoms with Crippen LogP contribution in [0.5, 0.6) is 0 Å². The predicted molar refractivity (Wildman–Crippen MR) is 85.3 cm³/mol. The Morgan fingerprint density at radius 1 is 1.38 bits per heavy atom. The van der Waals surface area contributed by atoms with Gasteiger partial charge >= 0.3 is 0 Å². The highest BCUT2D eigenvalue weighted by molar-refractivity contribution is 7.10. The second kappa shape index (κ2) is 8.17. The Morgan fingerprint density at radius 2 is 2.14 bits per heavy atom. The van der Waals surface area contributed by atoms with Crippen LogP contribution in [0.1, 0.15) is 43.9 Å². The van der Waals surface area contributed by atoms with Gasteiger partial charge < -0.3 is 10.2 Å². The van der Waals surface area contributed by atoms with E-state index in [1.807, 2.05) is 22.4 Å². The van der Waals surface area contributed by atoms with Crippen LogP contribution in [-0.2, 0) is 16.0 Å². The van der Waals surface area contributed by atoms with E-state index in [2.05, 4.69) is 12.2 Å². The lowest BCUT2D eigenvalue weighted by Gasteiger charge is -2.32. The van der Waals surface area contributed by atoms with E-state index in [0.717, 1.165) is 43.6 Å². The van der Waals surface area contributed by atoms with E-state index in [9.17, 15) is 9.59 Å². The van der Waals surface area contributed by atoms with E-state index in [1.165, 1.54) is 0 Å². The van der Waals surface area contributed by atoms with E-state index in [1.54, 1.807) is 11.3 Å². The van der Waals surface area contributed by atoms with Gasteiger partial charge in [-0.25, -0.2) is 0 Å². The monoisotopic (exact) mass is 308 g/mol. The number of carbonyl (C=O) groups is 2. The third kappa shape index (κ3) is 5.16. The molecule has 0 radical (unpaired) electrons. The largest absolute Gasteiger partial charge is 0.353 e. The fraction of sp³-hybridized carbons (Fsp3) is 0.625. The van der Waals surface area contributed by atoms with Crippen molar-refractivity contribution in [3.63, 3.8) is 0 Å². The highest BCUT2D eigenvalue weighted by atomic mass is 32.1. The number of nitrogens with zero attached hydrogens (tertiary/aromatic N) is 1. The molecule has 0 aromatic carbocycles. The predicted octanol–water partition coefficient (Wildman–Crippen LogP) is 2.59. The first-order chi connectivity index (χ1) is 10.2. The number of hydrogen-bond donors (Lipinski definition) is 1. The lowest BCUT2D eigenvalue weighted by molar-refractivity contribution is -0.132. The van der Waals surface area contributed by atoms with Gasteiger partial charge in [-0.1, -0.05) is 19.4 Å². The van der Waals surface area contributed by atoms with Crippen LogP contribution in [0.3, 0.4) is 0 Å². The summed E-state index contributed by atoms with van der Waals surface area (Å²) >= 11 is 1.61. The molecule has 0 saturated carbocycles. The summed E-state index contributed by atoms with van der Waals surface area (Å²) in [6.45, 7) is 3.64. The average molecular weight is 308 g/mol. The highest BCUT2D eigenvalue weighted by Gasteiger charge is 2.23. The lowest BCUT2D eigenvalue weighted by Crippen LogP contribution is -2.46. The third-order valence-electron chi connectivity index (χ3n) is 3.87. The SMILES string of the molecule is CCCCC(=O)N1CCC(NC(=O)Cc2cccs2)CC1. The zero-order chi connectivity index (χ0) is 15.1. The molecule has 0 aliphatic carbocycles. The maximum absolute atomic E-state index is 12.0. The average Bonchev–Trinajstić information content (AvgIpc) is 2.98. The molecule has 0 atom stereocenters. The molecule has 0 bridgehead atoms. The van der Waals surface area contributed by atoms with Crippen molar-refractivity contribution in [2.24, 2.45) is 0 Å². The Labute approximate surface area is 130 Å². The molecule has 0 unspecified atom stereocenters. The number of piperidine rings is 1. The number of hydrogen-bond acceptors (Lipinski definition) is 3. The summed E-state index contributed by atoms with van der Waals surface area (Å²) in [5.41, 5.74) is 0. The topological polar surface area (TPSA) is 49.4 Å². The van der Waals surface area contributed by atoms with Gasteiger partial charge in [-0.3, -0.25) is 9.59 Å². The lowest BCUT2D eigenvalue weighted by atomic mass is 10.0. The summed E-state index contributed by atoms with van der Waals surface area (Å²) in [4.78, 5) is 26.9. The van der Waals surface area contributed by atoms with Crippen LogP contribution in [0.15, 0.2) is 17.5 Å². The van der Waals surface area contributed by atoms with Crippen molar-refractivity contribution in [2.75, 3.05) is 13.1 Å². The first-order valence-corrected chi connectivity index (χ1v) is 8.66. The Morgan fingerprint density at radius 3 is 2.76 bits per heavy atom. The summed E-state index contributed by atoms with van der Waals surface area (Å²) in [5, 5.41) is 5.08. The molecule has 2 heterocycles. The first-order valence-electron chi connectivity index (χ1n) is 7.78. The number of unbranched alkanes of at least 4 members (excludes halogenated alkanes) is 1. The van der Waals surface area contributed by atoms with Gasteiger partial charge in [0.15, 0.2) is 0 Å².